The number of nitrogens with zero attached hydrogens (tertiary/aromatic N) is 1. The molecule has 0 bridgehead atoms. The summed E-state index contributed by atoms with van der Waals surface area (Å²) in [4.78, 5) is 37.1. The smallest absolute Gasteiger partial charge is 0.325 e. The molecule has 0 atom stereocenters. The van der Waals surface area contributed by atoms with Gasteiger partial charge in [-0.15, -0.1) is 0 Å². The molecule has 0 aromatic carbocycles. The molecular formula is C14H23N3O3. The number of carbonyl (C=O) groups is 3. The lowest BCUT2D eigenvalue weighted by molar-refractivity contribution is -0.131. The van der Waals surface area contributed by atoms with Crippen molar-refractivity contribution < 1.29 is 14.4 Å². The van der Waals surface area contributed by atoms with Crippen LogP contribution in [0, 0.1) is 5.92 Å². The summed E-state index contributed by atoms with van der Waals surface area (Å²) in [5.41, 5.74) is -0.675. The van der Waals surface area contributed by atoms with Gasteiger partial charge in [0.05, 0.1) is 0 Å². The largest absolute Gasteiger partial charge is 0.356 e. The van der Waals surface area contributed by atoms with Crippen LogP contribution in [0.15, 0.2) is 0 Å². The van der Waals surface area contributed by atoms with E-state index in [1.54, 1.807) is 0 Å². The van der Waals surface area contributed by atoms with E-state index in [9.17, 15) is 14.4 Å². The minimum Gasteiger partial charge on any atom is -0.356 e. The number of urea groups is 1. The third-order valence-electron chi connectivity index (χ3n) is 3.97. The van der Waals surface area contributed by atoms with Crippen LogP contribution in [0.4, 0.5) is 4.79 Å². The number of hydrogen-bond acceptors (Lipinski definition) is 3. The number of rotatable bonds is 5. The minimum absolute atomic E-state index is 0.119. The fourth-order valence-electron chi connectivity index (χ4n) is 2.82. The second-order valence-electron chi connectivity index (χ2n) is 6.12. The summed E-state index contributed by atoms with van der Waals surface area (Å²) in [6, 6.07) is -0.353. The second-order valence-corrected chi connectivity index (χ2v) is 6.12. The van der Waals surface area contributed by atoms with Gasteiger partial charge < -0.3 is 10.6 Å². The van der Waals surface area contributed by atoms with Crippen molar-refractivity contribution in [1.82, 2.24) is 15.5 Å². The third kappa shape index (κ3) is 2.94. The Kier molecular flexibility index (Phi) is 4.30. The van der Waals surface area contributed by atoms with E-state index in [4.69, 9.17) is 0 Å². The molecule has 20 heavy (non-hydrogen) atoms. The van der Waals surface area contributed by atoms with Crippen molar-refractivity contribution in [2.75, 3.05) is 13.1 Å². The average molecular weight is 281 g/mol. The first-order valence-electron chi connectivity index (χ1n) is 7.35. The number of imide groups is 1. The van der Waals surface area contributed by atoms with E-state index in [2.05, 4.69) is 10.6 Å². The maximum absolute atomic E-state index is 12.3. The molecule has 0 radical (unpaired) electrons. The van der Waals surface area contributed by atoms with Crippen LogP contribution in [0.2, 0.25) is 0 Å². The van der Waals surface area contributed by atoms with E-state index in [1.807, 2.05) is 13.8 Å². The summed E-state index contributed by atoms with van der Waals surface area (Å²) in [6.07, 6.45) is 3.53. The number of nitrogens with one attached hydrogen (secondary N) is 2. The van der Waals surface area contributed by atoms with Crippen molar-refractivity contribution >= 4 is 17.8 Å². The number of carbonyl (C=O) groups excluding carboxylic acids is 3. The molecule has 2 fully saturated rings. The first-order chi connectivity index (χ1) is 9.44. The highest BCUT2D eigenvalue weighted by Gasteiger charge is 2.52. The first kappa shape index (κ1) is 14.8. The lowest BCUT2D eigenvalue weighted by atomic mass is 9.98. The fraction of sp³-hybridized carbons (Fsp3) is 0.786. The predicted octanol–water partition coefficient (Wildman–Crippen LogP) is 1.01. The van der Waals surface area contributed by atoms with Crippen LogP contribution in [0.5, 0.6) is 0 Å². The van der Waals surface area contributed by atoms with Crippen molar-refractivity contribution in [3.8, 4) is 0 Å². The predicted molar refractivity (Wildman–Crippen MR) is 73.9 cm³/mol. The molecule has 6 heteroatoms. The lowest BCUT2D eigenvalue weighted by Crippen LogP contribution is -2.44. The van der Waals surface area contributed by atoms with Gasteiger partial charge in [-0.3, -0.25) is 14.5 Å². The molecule has 0 aromatic heterocycles. The molecule has 2 rings (SSSR count). The van der Waals surface area contributed by atoms with E-state index >= 15 is 0 Å². The summed E-state index contributed by atoms with van der Waals surface area (Å²) in [7, 11) is 0. The molecule has 1 spiro atoms. The molecule has 1 heterocycles. The lowest BCUT2D eigenvalue weighted by Gasteiger charge is -2.19. The fourth-order valence-corrected chi connectivity index (χ4v) is 2.82. The topological polar surface area (TPSA) is 78.5 Å². The van der Waals surface area contributed by atoms with Gasteiger partial charge in [0, 0.05) is 19.5 Å². The number of hydrogen-bond donors (Lipinski definition) is 2. The standard InChI is InChI=1S/C14H23N3O3/c1-10(2)9-15-11(18)5-8-17-12(19)14(16-13(17)20)6-3-4-7-14/h10H,3-9H2,1-2H3,(H,15,18)(H,16,20). The Bertz CT molecular complexity index is 414. The summed E-state index contributed by atoms with van der Waals surface area (Å²) in [5, 5.41) is 5.60. The molecule has 1 saturated heterocycles. The molecule has 6 nitrogen and oxygen atoms in total. The van der Waals surface area contributed by atoms with Gasteiger partial charge in [-0.1, -0.05) is 26.7 Å². The van der Waals surface area contributed by atoms with Crippen molar-refractivity contribution in [3.63, 3.8) is 0 Å². The van der Waals surface area contributed by atoms with Gasteiger partial charge in [0.1, 0.15) is 5.54 Å². The molecular weight excluding hydrogens is 258 g/mol. The normalized spacial score (nSPS) is 20.9. The van der Waals surface area contributed by atoms with Gasteiger partial charge in [-0.25, -0.2) is 4.79 Å². The van der Waals surface area contributed by atoms with Crippen LogP contribution >= 0.6 is 0 Å². The van der Waals surface area contributed by atoms with Gasteiger partial charge >= 0.3 is 6.03 Å². The molecule has 1 saturated carbocycles. The van der Waals surface area contributed by atoms with Crippen molar-refractivity contribution in [3.05, 3.63) is 0 Å². The maximum atomic E-state index is 12.3. The van der Waals surface area contributed by atoms with Gasteiger partial charge in [-0.05, 0) is 18.8 Å². The van der Waals surface area contributed by atoms with E-state index < -0.39 is 5.54 Å². The Labute approximate surface area is 119 Å². The van der Waals surface area contributed by atoms with Gasteiger partial charge in [-0.2, -0.15) is 0 Å². The summed E-state index contributed by atoms with van der Waals surface area (Å²) in [6.45, 7) is 4.81. The monoisotopic (exact) mass is 281 g/mol. The van der Waals surface area contributed by atoms with Crippen LogP contribution in [0.1, 0.15) is 46.0 Å². The molecule has 2 N–H and O–H groups in total. The van der Waals surface area contributed by atoms with Gasteiger partial charge in [0.25, 0.3) is 5.91 Å². The van der Waals surface area contributed by atoms with Crippen molar-refractivity contribution in [2.24, 2.45) is 5.92 Å². The Morgan fingerprint density at radius 1 is 1.35 bits per heavy atom. The quantitative estimate of drug-likeness (QED) is 0.738. The van der Waals surface area contributed by atoms with E-state index in [-0.39, 0.29) is 30.8 Å². The molecule has 112 valence electrons. The van der Waals surface area contributed by atoms with E-state index in [0.717, 1.165) is 12.8 Å². The highest BCUT2D eigenvalue weighted by atomic mass is 16.2. The summed E-state index contributed by atoms with van der Waals surface area (Å²) in [5.74, 6) is 0.112. The molecule has 1 aliphatic heterocycles. The average Bonchev–Trinajstić information content (AvgIpc) is 2.93. The van der Waals surface area contributed by atoms with Gasteiger partial charge in [0.15, 0.2) is 0 Å². The summed E-state index contributed by atoms with van der Waals surface area (Å²) < 4.78 is 0. The van der Waals surface area contributed by atoms with Crippen molar-refractivity contribution in [2.45, 2.75) is 51.5 Å². The molecule has 2 aliphatic rings. The zero-order valence-electron chi connectivity index (χ0n) is 12.2. The Morgan fingerprint density at radius 3 is 2.60 bits per heavy atom. The van der Waals surface area contributed by atoms with Crippen molar-refractivity contribution in [1.29, 1.82) is 0 Å². The summed E-state index contributed by atoms with van der Waals surface area (Å²) >= 11 is 0. The van der Waals surface area contributed by atoms with E-state index in [1.165, 1.54) is 4.90 Å². The zero-order valence-corrected chi connectivity index (χ0v) is 12.2. The molecule has 0 aromatic rings. The first-order valence-corrected chi connectivity index (χ1v) is 7.35. The highest BCUT2D eigenvalue weighted by Crippen LogP contribution is 2.34. The van der Waals surface area contributed by atoms with Crippen LogP contribution in [-0.4, -0.2) is 41.4 Å². The third-order valence-corrected chi connectivity index (χ3v) is 3.97. The molecule has 0 unspecified atom stereocenters. The second kappa shape index (κ2) is 5.81. The Morgan fingerprint density at radius 2 is 2.00 bits per heavy atom. The Balaban J connectivity index is 1.85. The molecule has 4 amide bonds. The molecule has 1 aliphatic carbocycles. The van der Waals surface area contributed by atoms with Crippen LogP contribution in [0.3, 0.4) is 0 Å². The van der Waals surface area contributed by atoms with Crippen LogP contribution < -0.4 is 10.6 Å². The minimum atomic E-state index is -0.675. The number of amides is 4. The highest BCUT2D eigenvalue weighted by molar-refractivity contribution is 6.07. The van der Waals surface area contributed by atoms with Crippen LogP contribution in [-0.2, 0) is 9.59 Å². The zero-order chi connectivity index (χ0) is 14.8. The van der Waals surface area contributed by atoms with Crippen LogP contribution in [0.25, 0.3) is 0 Å². The Hall–Kier alpha value is -1.59. The maximum Gasteiger partial charge on any atom is 0.325 e. The van der Waals surface area contributed by atoms with E-state index in [0.29, 0.717) is 25.3 Å². The van der Waals surface area contributed by atoms with Gasteiger partial charge in [0.2, 0.25) is 5.91 Å². The SMILES string of the molecule is CC(C)CNC(=O)CCN1C(=O)NC2(CCCC2)C1=O.